The van der Waals surface area contributed by atoms with E-state index in [-0.39, 0.29) is 11.8 Å². The standard InChI is InChI=1S/C18H20N6O/c25-18(13-7-3-1-4-8-13)23-22-16-15-11-21-24(17(15)20-12-19-16)14-9-5-2-6-10-14/h2,5-6,9-13H,1,3-4,7-8H2,(H,23,25)(H,19,20,22). The van der Waals surface area contributed by atoms with Crippen LogP contribution >= 0.6 is 0 Å². The summed E-state index contributed by atoms with van der Waals surface area (Å²) in [6.45, 7) is 0. The molecule has 3 aromatic rings. The number of nitrogens with zero attached hydrogens (tertiary/aromatic N) is 4. The predicted octanol–water partition coefficient (Wildman–Crippen LogP) is 2.84. The molecule has 128 valence electrons. The van der Waals surface area contributed by atoms with Gasteiger partial charge in [0.15, 0.2) is 11.5 Å². The third-order valence-corrected chi connectivity index (χ3v) is 4.65. The summed E-state index contributed by atoms with van der Waals surface area (Å²) in [4.78, 5) is 20.9. The molecule has 7 nitrogen and oxygen atoms in total. The maximum atomic E-state index is 12.3. The molecular weight excluding hydrogens is 316 g/mol. The normalized spacial score (nSPS) is 15.2. The van der Waals surface area contributed by atoms with Crippen molar-refractivity contribution in [2.45, 2.75) is 32.1 Å². The lowest BCUT2D eigenvalue weighted by Crippen LogP contribution is -2.36. The molecule has 2 heterocycles. The summed E-state index contributed by atoms with van der Waals surface area (Å²) in [7, 11) is 0. The predicted molar refractivity (Wildman–Crippen MR) is 95.0 cm³/mol. The summed E-state index contributed by atoms with van der Waals surface area (Å²) in [6, 6.07) is 9.79. The Labute approximate surface area is 145 Å². The Morgan fingerprint density at radius 3 is 2.68 bits per heavy atom. The number of nitrogens with one attached hydrogen (secondary N) is 2. The van der Waals surface area contributed by atoms with Crippen LogP contribution in [0.4, 0.5) is 5.82 Å². The molecule has 0 atom stereocenters. The second kappa shape index (κ2) is 6.88. The van der Waals surface area contributed by atoms with Gasteiger partial charge in [-0.15, -0.1) is 0 Å². The number of hydrogen-bond donors (Lipinski definition) is 2. The molecule has 7 heteroatoms. The number of hydrogen-bond acceptors (Lipinski definition) is 5. The quantitative estimate of drug-likeness (QED) is 0.716. The molecule has 1 amide bonds. The topological polar surface area (TPSA) is 84.7 Å². The minimum absolute atomic E-state index is 0.0295. The van der Waals surface area contributed by atoms with Crippen LogP contribution in [-0.4, -0.2) is 25.7 Å². The minimum Gasteiger partial charge on any atom is -0.281 e. The Morgan fingerprint density at radius 1 is 1.08 bits per heavy atom. The Hall–Kier alpha value is -2.96. The highest BCUT2D eigenvalue weighted by atomic mass is 16.2. The van der Waals surface area contributed by atoms with Crippen LogP contribution in [0, 0.1) is 5.92 Å². The number of carbonyl (C=O) groups is 1. The van der Waals surface area contributed by atoms with E-state index in [1.165, 1.54) is 12.7 Å². The number of anilines is 1. The molecule has 1 aliphatic carbocycles. The van der Waals surface area contributed by atoms with Gasteiger partial charge >= 0.3 is 0 Å². The maximum absolute atomic E-state index is 12.3. The molecule has 0 saturated heterocycles. The molecular formula is C18H20N6O. The number of carbonyl (C=O) groups excluding carboxylic acids is 1. The van der Waals surface area contributed by atoms with Crippen LogP contribution in [0.25, 0.3) is 16.7 Å². The van der Waals surface area contributed by atoms with E-state index in [9.17, 15) is 4.79 Å². The molecule has 0 bridgehead atoms. The van der Waals surface area contributed by atoms with Gasteiger partial charge in [-0.25, -0.2) is 14.6 Å². The maximum Gasteiger partial charge on any atom is 0.241 e. The molecule has 1 aliphatic rings. The molecule has 1 fully saturated rings. The van der Waals surface area contributed by atoms with E-state index in [0.29, 0.717) is 11.5 Å². The zero-order valence-electron chi connectivity index (χ0n) is 13.9. The van der Waals surface area contributed by atoms with Crippen molar-refractivity contribution >= 4 is 22.8 Å². The smallest absolute Gasteiger partial charge is 0.241 e. The number of aromatic nitrogens is 4. The lowest BCUT2D eigenvalue weighted by atomic mass is 9.89. The lowest BCUT2D eigenvalue weighted by Gasteiger charge is -2.21. The molecule has 1 saturated carbocycles. The van der Waals surface area contributed by atoms with Crippen molar-refractivity contribution in [2.75, 3.05) is 5.43 Å². The van der Waals surface area contributed by atoms with Crippen molar-refractivity contribution < 1.29 is 4.79 Å². The van der Waals surface area contributed by atoms with Gasteiger partial charge in [0.25, 0.3) is 0 Å². The molecule has 0 aliphatic heterocycles. The average molecular weight is 336 g/mol. The lowest BCUT2D eigenvalue weighted by molar-refractivity contribution is -0.125. The molecule has 4 rings (SSSR count). The molecule has 0 radical (unpaired) electrons. The highest BCUT2D eigenvalue weighted by Crippen LogP contribution is 2.24. The number of rotatable bonds is 4. The first-order chi connectivity index (χ1) is 12.3. The zero-order valence-corrected chi connectivity index (χ0v) is 13.9. The van der Waals surface area contributed by atoms with E-state index >= 15 is 0 Å². The van der Waals surface area contributed by atoms with Gasteiger partial charge in [-0.05, 0) is 25.0 Å². The highest BCUT2D eigenvalue weighted by Gasteiger charge is 2.21. The number of hydrazine groups is 1. The Bertz CT molecular complexity index is 870. The molecule has 1 aromatic carbocycles. The largest absolute Gasteiger partial charge is 0.281 e. The second-order valence-electron chi connectivity index (χ2n) is 6.30. The van der Waals surface area contributed by atoms with E-state index < -0.39 is 0 Å². The minimum atomic E-state index is 0.0295. The number of amides is 1. The van der Waals surface area contributed by atoms with Crippen molar-refractivity contribution in [2.24, 2.45) is 5.92 Å². The summed E-state index contributed by atoms with van der Waals surface area (Å²) in [6.07, 6.45) is 8.56. The van der Waals surface area contributed by atoms with Crippen LogP contribution in [0.5, 0.6) is 0 Å². The summed E-state index contributed by atoms with van der Waals surface area (Å²) in [5, 5.41) is 5.16. The first-order valence-electron chi connectivity index (χ1n) is 8.63. The van der Waals surface area contributed by atoms with Crippen molar-refractivity contribution in [3.05, 3.63) is 42.9 Å². The van der Waals surface area contributed by atoms with Gasteiger partial charge in [0.1, 0.15) is 6.33 Å². The summed E-state index contributed by atoms with van der Waals surface area (Å²) in [5.74, 6) is 0.670. The average Bonchev–Trinajstić information content (AvgIpc) is 3.12. The fraction of sp³-hybridized carbons (Fsp3) is 0.333. The Balaban J connectivity index is 1.54. The van der Waals surface area contributed by atoms with Crippen LogP contribution in [-0.2, 0) is 4.79 Å². The van der Waals surface area contributed by atoms with Gasteiger partial charge in [0.05, 0.1) is 17.3 Å². The molecule has 0 spiro atoms. The summed E-state index contributed by atoms with van der Waals surface area (Å²) >= 11 is 0. The highest BCUT2D eigenvalue weighted by molar-refractivity contribution is 5.88. The van der Waals surface area contributed by atoms with E-state index in [1.807, 2.05) is 30.3 Å². The van der Waals surface area contributed by atoms with Gasteiger partial charge in [0, 0.05) is 5.92 Å². The van der Waals surface area contributed by atoms with E-state index in [2.05, 4.69) is 25.9 Å². The molecule has 25 heavy (non-hydrogen) atoms. The first-order valence-corrected chi connectivity index (χ1v) is 8.63. The number of para-hydroxylation sites is 1. The van der Waals surface area contributed by atoms with Crippen LogP contribution in [0.3, 0.4) is 0 Å². The van der Waals surface area contributed by atoms with Crippen molar-refractivity contribution in [3.8, 4) is 5.69 Å². The van der Waals surface area contributed by atoms with Crippen molar-refractivity contribution in [1.29, 1.82) is 0 Å². The van der Waals surface area contributed by atoms with Crippen LogP contribution in [0.1, 0.15) is 32.1 Å². The van der Waals surface area contributed by atoms with Gasteiger partial charge in [-0.1, -0.05) is 37.5 Å². The Kier molecular flexibility index (Phi) is 4.28. The summed E-state index contributed by atoms with van der Waals surface area (Å²) < 4.78 is 1.76. The number of benzene rings is 1. The van der Waals surface area contributed by atoms with E-state index in [4.69, 9.17) is 0 Å². The third kappa shape index (κ3) is 3.17. The number of fused-ring (bicyclic) bond motifs is 1. The van der Waals surface area contributed by atoms with Gasteiger partial charge in [-0.2, -0.15) is 5.10 Å². The summed E-state index contributed by atoms with van der Waals surface area (Å²) in [5.41, 5.74) is 7.35. The molecule has 2 N–H and O–H groups in total. The first kappa shape index (κ1) is 15.6. The van der Waals surface area contributed by atoms with Gasteiger partial charge in [-0.3, -0.25) is 15.6 Å². The fourth-order valence-corrected chi connectivity index (χ4v) is 3.29. The van der Waals surface area contributed by atoms with E-state index in [1.54, 1.807) is 10.9 Å². The monoisotopic (exact) mass is 336 g/mol. The van der Waals surface area contributed by atoms with E-state index in [0.717, 1.165) is 36.8 Å². The SMILES string of the molecule is O=C(NNc1ncnc2c1cnn2-c1ccccc1)C1CCCCC1. The molecule has 0 unspecified atom stereocenters. The van der Waals surface area contributed by atoms with Gasteiger partial charge < -0.3 is 0 Å². The fourth-order valence-electron chi connectivity index (χ4n) is 3.29. The molecule has 2 aromatic heterocycles. The zero-order chi connectivity index (χ0) is 17.1. The van der Waals surface area contributed by atoms with Crippen LogP contribution in [0.2, 0.25) is 0 Å². The van der Waals surface area contributed by atoms with Crippen LogP contribution in [0.15, 0.2) is 42.9 Å². The third-order valence-electron chi connectivity index (χ3n) is 4.65. The second-order valence-corrected chi connectivity index (χ2v) is 6.30. The Morgan fingerprint density at radius 2 is 1.88 bits per heavy atom. The van der Waals surface area contributed by atoms with Crippen LogP contribution < -0.4 is 10.9 Å². The van der Waals surface area contributed by atoms with Crippen molar-refractivity contribution in [3.63, 3.8) is 0 Å². The van der Waals surface area contributed by atoms with Gasteiger partial charge in [0.2, 0.25) is 5.91 Å². The van der Waals surface area contributed by atoms with Crippen molar-refractivity contribution in [1.82, 2.24) is 25.2 Å².